The zero-order valence-electron chi connectivity index (χ0n) is 27.5. The molecule has 2 aromatic rings. The van der Waals surface area contributed by atoms with Crippen LogP contribution in [-0.2, 0) is 23.9 Å². The number of rotatable bonds is 12. The van der Waals surface area contributed by atoms with Gasteiger partial charge in [0.15, 0.2) is 0 Å². The van der Waals surface area contributed by atoms with Crippen molar-refractivity contribution in [3.05, 3.63) is 49.2 Å². The zero-order chi connectivity index (χ0) is 34.7. The standard InChI is InChI=1S/C33H43N5O8S/c1-8-20-16-33(20,29(42)43)37-27(40)24-15-21(45-25-13-14-34-23-12-10-9-11-22(23)25)17-38(24)28(41)26(36-30(44)46-31(3,4)5)32(6,7)47-18-35-19(2)39/h8-14,20-21,24,26H,1,15-18H2,2-7H3,(H,35,39)(H,36,44)(H,37,40)(H,42,43). The molecule has 13 nitrogen and oxygen atoms in total. The number of carboxylic acids is 1. The van der Waals surface area contributed by atoms with Gasteiger partial charge in [-0.15, -0.1) is 18.3 Å². The number of carbonyl (C=O) groups excluding carboxylic acids is 4. The van der Waals surface area contributed by atoms with Gasteiger partial charge in [0.05, 0.1) is 17.9 Å². The molecule has 1 aliphatic carbocycles. The number of nitrogens with zero attached hydrogens (tertiary/aromatic N) is 2. The third-order valence-electron chi connectivity index (χ3n) is 8.15. The molecule has 4 amide bonds. The number of nitrogens with one attached hydrogen (secondary N) is 3. The molecule has 1 aliphatic heterocycles. The number of hydrogen-bond donors (Lipinski definition) is 4. The molecule has 4 N–H and O–H groups in total. The molecule has 1 aromatic heterocycles. The highest BCUT2D eigenvalue weighted by Crippen LogP contribution is 2.45. The van der Waals surface area contributed by atoms with Gasteiger partial charge in [-0.05, 0) is 59.2 Å². The van der Waals surface area contributed by atoms with E-state index in [9.17, 15) is 29.1 Å². The van der Waals surface area contributed by atoms with E-state index in [1.165, 1.54) is 29.7 Å². The largest absolute Gasteiger partial charge is 0.488 e. The number of fused-ring (bicyclic) bond motifs is 1. The minimum atomic E-state index is -1.52. The van der Waals surface area contributed by atoms with Gasteiger partial charge in [-0.3, -0.25) is 19.4 Å². The molecular weight excluding hydrogens is 626 g/mol. The van der Waals surface area contributed by atoms with Crippen LogP contribution in [0.1, 0.15) is 54.4 Å². The Morgan fingerprint density at radius 1 is 1.17 bits per heavy atom. The lowest BCUT2D eigenvalue weighted by Gasteiger charge is -2.37. The van der Waals surface area contributed by atoms with Crippen molar-refractivity contribution in [2.24, 2.45) is 5.92 Å². The van der Waals surface area contributed by atoms with Gasteiger partial charge in [-0.25, -0.2) is 9.59 Å². The summed E-state index contributed by atoms with van der Waals surface area (Å²) in [5.74, 6) is -2.51. The Balaban J connectivity index is 1.67. The third-order valence-corrected chi connectivity index (χ3v) is 9.42. The summed E-state index contributed by atoms with van der Waals surface area (Å²) in [7, 11) is 0. The Bertz CT molecular complexity index is 1550. The molecule has 47 heavy (non-hydrogen) atoms. The number of amides is 4. The van der Waals surface area contributed by atoms with Crippen molar-refractivity contribution in [1.29, 1.82) is 0 Å². The first-order valence-electron chi connectivity index (χ1n) is 15.3. The average Bonchev–Trinajstić information content (AvgIpc) is 3.54. The normalized spacial score (nSPS) is 22.9. The van der Waals surface area contributed by atoms with Crippen molar-refractivity contribution in [2.45, 2.75) is 88.5 Å². The van der Waals surface area contributed by atoms with Gasteiger partial charge in [-0.1, -0.05) is 18.2 Å². The fourth-order valence-electron chi connectivity index (χ4n) is 5.58. The van der Waals surface area contributed by atoms with Crippen LogP contribution < -0.4 is 20.7 Å². The van der Waals surface area contributed by atoms with E-state index < -0.39 is 63.9 Å². The molecule has 2 fully saturated rings. The van der Waals surface area contributed by atoms with Gasteiger partial charge >= 0.3 is 12.1 Å². The second kappa shape index (κ2) is 13.8. The van der Waals surface area contributed by atoms with Gasteiger partial charge < -0.3 is 35.4 Å². The van der Waals surface area contributed by atoms with Crippen LogP contribution in [0.2, 0.25) is 0 Å². The zero-order valence-corrected chi connectivity index (χ0v) is 28.3. The number of aliphatic carboxylic acids is 1. The van der Waals surface area contributed by atoms with Crippen molar-refractivity contribution in [3.8, 4) is 5.75 Å². The van der Waals surface area contributed by atoms with Crippen LogP contribution in [0.3, 0.4) is 0 Å². The molecule has 5 atom stereocenters. The number of carbonyl (C=O) groups is 5. The van der Waals surface area contributed by atoms with Gasteiger partial charge in [-0.2, -0.15) is 0 Å². The molecule has 254 valence electrons. The highest BCUT2D eigenvalue weighted by Gasteiger charge is 2.61. The van der Waals surface area contributed by atoms with Crippen LogP contribution in [0.25, 0.3) is 10.9 Å². The summed E-state index contributed by atoms with van der Waals surface area (Å²) in [5.41, 5.74) is -1.67. The number of benzene rings is 1. The Morgan fingerprint density at radius 3 is 2.49 bits per heavy atom. The van der Waals surface area contributed by atoms with Crippen molar-refractivity contribution in [3.63, 3.8) is 0 Å². The maximum Gasteiger partial charge on any atom is 0.408 e. The van der Waals surface area contributed by atoms with Crippen LogP contribution in [0.5, 0.6) is 5.75 Å². The monoisotopic (exact) mass is 669 g/mol. The Labute approximate surface area is 278 Å². The number of aromatic nitrogens is 1. The second-order valence-corrected chi connectivity index (χ2v) is 15.0. The minimum absolute atomic E-state index is 0.0303. The summed E-state index contributed by atoms with van der Waals surface area (Å²) in [5, 5.41) is 18.8. The first kappa shape index (κ1) is 35.5. The summed E-state index contributed by atoms with van der Waals surface area (Å²) in [4.78, 5) is 70.9. The molecule has 5 unspecified atom stereocenters. The predicted octanol–water partition coefficient (Wildman–Crippen LogP) is 3.23. The molecule has 1 saturated heterocycles. The van der Waals surface area contributed by atoms with Gasteiger partial charge in [0, 0.05) is 35.6 Å². The number of pyridine rings is 1. The fraction of sp³-hybridized carbons (Fsp3) is 0.515. The Hall–Kier alpha value is -4.33. The van der Waals surface area contributed by atoms with E-state index in [1.54, 1.807) is 46.9 Å². The Morgan fingerprint density at radius 2 is 1.87 bits per heavy atom. The van der Waals surface area contributed by atoms with Crippen molar-refractivity contribution >= 4 is 52.4 Å². The van der Waals surface area contributed by atoms with Crippen LogP contribution in [0.4, 0.5) is 4.79 Å². The van der Waals surface area contributed by atoms with E-state index in [2.05, 4.69) is 27.5 Å². The molecule has 14 heteroatoms. The molecule has 1 aromatic carbocycles. The highest BCUT2D eigenvalue weighted by molar-refractivity contribution is 8.00. The quantitative estimate of drug-likeness (QED) is 0.194. The first-order valence-corrected chi connectivity index (χ1v) is 16.3. The summed E-state index contributed by atoms with van der Waals surface area (Å²) in [6, 6.07) is 6.76. The molecule has 2 heterocycles. The summed E-state index contributed by atoms with van der Waals surface area (Å²) in [6.07, 6.45) is 1.83. The van der Waals surface area contributed by atoms with E-state index in [4.69, 9.17) is 9.47 Å². The minimum Gasteiger partial charge on any atom is -0.488 e. The lowest BCUT2D eigenvalue weighted by atomic mass is 10.0. The number of carboxylic acid groups (broad SMARTS) is 1. The van der Waals surface area contributed by atoms with Crippen LogP contribution in [0.15, 0.2) is 49.2 Å². The van der Waals surface area contributed by atoms with Crippen molar-refractivity contribution in [2.75, 3.05) is 12.4 Å². The predicted molar refractivity (Wildman–Crippen MR) is 177 cm³/mol. The van der Waals surface area contributed by atoms with Crippen LogP contribution >= 0.6 is 11.8 Å². The van der Waals surface area contributed by atoms with E-state index in [0.717, 1.165) is 5.39 Å². The Kier molecular flexibility index (Phi) is 10.4. The van der Waals surface area contributed by atoms with Crippen LogP contribution in [-0.4, -0.2) is 91.3 Å². The van der Waals surface area contributed by atoms with E-state index >= 15 is 0 Å². The number of para-hydroxylation sites is 1. The maximum absolute atomic E-state index is 14.5. The molecule has 0 spiro atoms. The smallest absolute Gasteiger partial charge is 0.408 e. The number of alkyl carbamates (subject to hydrolysis) is 1. The lowest BCUT2D eigenvalue weighted by molar-refractivity contribution is -0.145. The number of thioether (sulfide) groups is 1. The number of likely N-dealkylation sites (tertiary alicyclic amines) is 1. The molecule has 2 aliphatic rings. The SMILES string of the molecule is C=CC1CC1(NC(=O)C1CC(Oc2ccnc3ccccc23)CN1C(=O)C(NC(=O)OC(C)(C)C)C(C)(C)SCNC(C)=O)C(=O)O. The van der Waals surface area contributed by atoms with Crippen LogP contribution in [0, 0.1) is 5.92 Å². The second-order valence-electron chi connectivity index (χ2n) is 13.3. The van der Waals surface area contributed by atoms with Crippen molar-refractivity contribution < 1.29 is 38.6 Å². The third kappa shape index (κ3) is 8.34. The fourth-order valence-corrected chi connectivity index (χ4v) is 6.55. The summed E-state index contributed by atoms with van der Waals surface area (Å²) < 4.78 is 10.8. The number of ether oxygens (including phenoxy) is 2. The van der Waals surface area contributed by atoms with Gasteiger partial charge in [0.1, 0.15) is 35.1 Å². The summed E-state index contributed by atoms with van der Waals surface area (Å²) in [6.45, 7) is 13.6. The maximum atomic E-state index is 14.5. The van der Waals surface area contributed by atoms with E-state index in [-0.39, 0.29) is 31.2 Å². The molecule has 1 saturated carbocycles. The van der Waals surface area contributed by atoms with Gasteiger partial charge in [0.25, 0.3) is 0 Å². The van der Waals surface area contributed by atoms with Crippen molar-refractivity contribution in [1.82, 2.24) is 25.8 Å². The molecule has 0 radical (unpaired) electrons. The molecular formula is C33H43N5O8S. The molecule has 4 rings (SSSR count). The topological polar surface area (TPSA) is 176 Å². The van der Waals surface area contributed by atoms with Gasteiger partial charge in [0.2, 0.25) is 17.7 Å². The van der Waals surface area contributed by atoms with E-state index in [1.807, 2.05) is 24.3 Å². The lowest BCUT2D eigenvalue weighted by Crippen LogP contribution is -2.61. The molecule has 0 bridgehead atoms. The average molecular weight is 670 g/mol. The summed E-state index contributed by atoms with van der Waals surface area (Å²) >= 11 is 1.23. The highest BCUT2D eigenvalue weighted by atomic mass is 32.2. The number of hydrogen-bond acceptors (Lipinski definition) is 9. The van der Waals surface area contributed by atoms with E-state index in [0.29, 0.717) is 11.3 Å². The first-order chi connectivity index (χ1) is 22.0.